The highest BCUT2D eigenvalue weighted by atomic mass is 16.4. The van der Waals surface area contributed by atoms with Crippen molar-refractivity contribution in [3.63, 3.8) is 0 Å². The molecular weight excluding hydrogens is 492 g/mol. The lowest BCUT2D eigenvalue weighted by molar-refractivity contribution is -0.144. The first-order valence-electron chi connectivity index (χ1n) is 12.7. The molecule has 2 aromatic rings. The second-order valence-electron chi connectivity index (χ2n) is 10.1. The number of hydrogen-bond donors (Lipinski definition) is 6. The van der Waals surface area contributed by atoms with Crippen molar-refractivity contribution in [1.82, 2.24) is 20.5 Å². The number of aromatic amines is 1. The van der Waals surface area contributed by atoms with Gasteiger partial charge in [-0.25, -0.2) is 4.79 Å². The number of H-pyrrole nitrogens is 1. The molecule has 1 aliphatic rings. The minimum Gasteiger partial charge on any atom is -0.480 e. The van der Waals surface area contributed by atoms with Gasteiger partial charge in [-0.05, 0) is 36.8 Å². The minimum atomic E-state index is -1.55. The van der Waals surface area contributed by atoms with Crippen molar-refractivity contribution in [3.8, 4) is 0 Å². The maximum absolute atomic E-state index is 13.4. The average Bonchev–Trinajstić information content (AvgIpc) is 3.49. The molecule has 1 aliphatic heterocycles. The number of para-hydroxylation sites is 1. The molecule has 4 amide bonds. The van der Waals surface area contributed by atoms with Crippen LogP contribution in [0.5, 0.6) is 0 Å². The molecule has 0 bridgehead atoms. The van der Waals surface area contributed by atoms with E-state index in [1.807, 2.05) is 38.1 Å². The minimum absolute atomic E-state index is 0.0397. The Morgan fingerprint density at radius 1 is 1.13 bits per heavy atom. The predicted octanol–water partition coefficient (Wildman–Crippen LogP) is 0.00440. The lowest BCUT2D eigenvalue weighted by Gasteiger charge is -2.29. The van der Waals surface area contributed by atoms with Crippen molar-refractivity contribution in [3.05, 3.63) is 36.0 Å². The largest absolute Gasteiger partial charge is 0.480 e. The van der Waals surface area contributed by atoms with Crippen LogP contribution in [0.1, 0.15) is 45.1 Å². The number of fused-ring (bicyclic) bond motifs is 1. The van der Waals surface area contributed by atoms with Crippen LogP contribution in [-0.2, 0) is 30.4 Å². The fraction of sp³-hybridized carbons (Fsp3) is 0.500. The van der Waals surface area contributed by atoms with Gasteiger partial charge in [-0.3, -0.25) is 19.2 Å². The Hall–Kier alpha value is -3.93. The van der Waals surface area contributed by atoms with Crippen LogP contribution in [0.4, 0.5) is 0 Å². The first-order chi connectivity index (χ1) is 18.0. The van der Waals surface area contributed by atoms with E-state index in [0.717, 1.165) is 16.5 Å². The Labute approximate surface area is 220 Å². The molecule has 3 rings (SSSR count). The van der Waals surface area contributed by atoms with Gasteiger partial charge in [0.25, 0.3) is 0 Å². The molecule has 1 fully saturated rings. The Kier molecular flexibility index (Phi) is 9.45. The maximum atomic E-state index is 13.4. The standard InChI is InChI=1S/C26H36N6O6/c1-14(2)10-17(27)25(36)32-9-5-8-21(32)24(35)30-19(23(34)31-20(26(37)38)12-22(28)33)11-15-13-29-18-7-4-3-6-16(15)18/h3-4,6-7,13-14,17,19-21,29H,5,8-12,27H2,1-2H3,(H2,28,33)(H,30,35)(H,31,34)(H,37,38). The number of aliphatic carboxylic acids is 1. The molecule has 2 heterocycles. The highest BCUT2D eigenvalue weighted by Gasteiger charge is 2.38. The van der Waals surface area contributed by atoms with Crippen molar-refractivity contribution in [2.45, 2.75) is 70.1 Å². The van der Waals surface area contributed by atoms with E-state index in [0.29, 0.717) is 25.8 Å². The number of amides is 4. The van der Waals surface area contributed by atoms with Gasteiger partial charge in [-0.1, -0.05) is 32.0 Å². The van der Waals surface area contributed by atoms with Crippen molar-refractivity contribution in [1.29, 1.82) is 0 Å². The van der Waals surface area contributed by atoms with E-state index in [1.54, 1.807) is 6.20 Å². The van der Waals surface area contributed by atoms with Crippen LogP contribution in [0.15, 0.2) is 30.5 Å². The van der Waals surface area contributed by atoms with Gasteiger partial charge in [0.05, 0.1) is 12.5 Å². The van der Waals surface area contributed by atoms with E-state index >= 15 is 0 Å². The van der Waals surface area contributed by atoms with Crippen molar-refractivity contribution in [2.75, 3.05) is 6.54 Å². The first kappa shape index (κ1) is 28.6. The van der Waals surface area contributed by atoms with Gasteiger partial charge in [-0.2, -0.15) is 0 Å². The molecule has 4 unspecified atom stereocenters. The number of hydrogen-bond acceptors (Lipinski definition) is 6. The summed E-state index contributed by atoms with van der Waals surface area (Å²) >= 11 is 0. The SMILES string of the molecule is CC(C)CC(N)C(=O)N1CCCC1C(=O)NC(Cc1c[nH]c2ccccc12)C(=O)NC(CC(N)=O)C(=O)O. The number of nitrogens with one attached hydrogen (secondary N) is 3. The van der Waals surface area contributed by atoms with Crippen LogP contribution in [-0.4, -0.2) is 75.3 Å². The summed E-state index contributed by atoms with van der Waals surface area (Å²) in [4.78, 5) is 67.1. The highest BCUT2D eigenvalue weighted by molar-refractivity contribution is 5.95. The van der Waals surface area contributed by atoms with Gasteiger partial charge in [0.1, 0.15) is 18.1 Å². The summed E-state index contributed by atoms with van der Waals surface area (Å²) in [5.41, 5.74) is 12.8. The highest BCUT2D eigenvalue weighted by Crippen LogP contribution is 2.22. The Bertz CT molecular complexity index is 1190. The molecule has 38 heavy (non-hydrogen) atoms. The van der Waals surface area contributed by atoms with Gasteiger partial charge in [0, 0.05) is 30.1 Å². The summed E-state index contributed by atoms with van der Waals surface area (Å²) in [5, 5.41) is 15.3. The van der Waals surface area contributed by atoms with E-state index < -0.39 is 54.3 Å². The van der Waals surface area contributed by atoms with Crippen LogP contribution >= 0.6 is 0 Å². The molecule has 12 heteroatoms. The Morgan fingerprint density at radius 3 is 2.50 bits per heavy atom. The summed E-state index contributed by atoms with van der Waals surface area (Å²) in [7, 11) is 0. The number of likely N-dealkylation sites (tertiary alicyclic amines) is 1. The first-order valence-corrected chi connectivity index (χ1v) is 12.7. The number of carboxylic acids is 1. The van der Waals surface area contributed by atoms with E-state index in [-0.39, 0.29) is 18.2 Å². The summed E-state index contributed by atoms with van der Waals surface area (Å²) < 4.78 is 0. The molecule has 4 atom stereocenters. The smallest absolute Gasteiger partial charge is 0.326 e. The number of carbonyl (C=O) groups excluding carboxylic acids is 4. The maximum Gasteiger partial charge on any atom is 0.326 e. The number of primary amides is 1. The van der Waals surface area contributed by atoms with E-state index in [9.17, 15) is 29.1 Å². The second-order valence-corrected chi connectivity index (χ2v) is 10.1. The van der Waals surface area contributed by atoms with Crippen LogP contribution in [0, 0.1) is 5.92 Å². The van der Waals surface area contributed by atoms with E-state index in [1.165, 1.54) is 4.90 Å². The number of nitrogens with zero attached hydrogens (tertiary/aromatic N) is 1. The van der Waals surface area contributed by atoms with Gasteiger partial charge < -0.3 is 37.1 Å². The number of aromatic nitrogens is 1. The number of rotatable bonds is 12. The third kappa shape index (κ3) is 7.09. The monoisotopic (exact) mass is 528 g/mol. The molecule has 12 nitrogen and oxygen atoms in total. The van der Waals surface area contributed by atoms with Gasteiger partial charge in [0.2, 0.25) is 23.6 Å². The van der Waals surface area contributed by atoms with Crippen LogP contribution in [0.2, 0.25) is 0 Å². The van der Waals surface area contributed by atoms with Crippen molar-refractivity contribution in [2.24, 2.45) is 17.4 Å². The fourth-order valence-electron chi connectivity index (χ4n) is 4.80. The Morgan fingerprint density at radius 2 is 1.84 bits per heavy atom. The molecule has 0 aliphatic carbocycles. The lowest BCUT2D eigenvalue weighted by Crippen LogP contribution is -2.57. The molecule has 1 aromatic heterocycles. The summed E-state index contributed by atoms with van der Waals surface area (Å²) in [5.74, 6) is -3.76. The van der Waals surface area contributed by atoms with Crippen molar-refractivity contribution < 1.29 is 29.1 Å². The zero-order valence-electron chi connectivity index (χ0n) is 21.6. The van der Waals surface area contributed by atoms with Crippen LogP contribution in [0.25, 0.3) is 10.9 Å². The number of nitrogens with two attached hydrogens (primary N) is 2. The van der Waals surface area contributed by atoms with E-state index in [4.69, 9.17) is 11.5 Å². The zero-order valence-corrected chi connectivity index (χ0v) is 21.6. The normalized spacial score (nSPS) is 17.7. The average molecular weight is 529 g/mol. The molecule has 0 spiro atoms. The lowest BCUT2D eigenvalue weighted by atomic mass is 10.0. The number of benzene rings is 1. The fourth-order valence-corrected chi connectivity index (χ4v) is 4.80. The molecule has 0 saturated carbocycles. The van der Waals surface area contributed by atoms with Gasteiger partial charge in [0.15, 0.2) is 0 Å². The molecular formula is C26H36N6O6. The van der Waals surface area contributed by atoms with Gasteiger partial charge >= 0.3 is 5.97 Å². The summed E-state index contributed by atoms with van der Waals surface area (Å²) in [6.07, 6.45) is 2.65. The third-order valence-electron chi connectivity index (χ3n) is 6.63. The summed E-state index contributed by atoms with van der Waals surface area (Å²) in [6.45, 7) is 4.29. The summed E-state index contributed by atoms with van der Waals surface area (Å²) in [6, 6.07) is 3.13. The second kappa shape index (κ2) is 12.5. The molecule has 8 N–H and O–H groups in total. The Balaban J connectivity index is 1.83. The molecule has 1 saturated heterocycles. The molecule has 206 valence electrons. The van der Waals surface area contributed by atoms with E-state index in [2.05, 4.69) is 15.6 Å². The zero-order chi connectivity index (χ0) is 28.0. The quantitative estimate of drug-likeness (QED) is 0.222. The number of carboxylic acid groups (broad SMARTS) is 1. The predicted molar refractivity (Wildman–Crippen MR) is 139 cm³/mol. The third-order valence-corrected chi connectivity index (χ3v) is 6.63. The van der Waals surface area contributed by atoms with Crippen LogP contribution < -0.4 is 22.1 Å². The van der Waals surface area contributed by atoms with Gasteiger partial charge in [-0.15, -0.1) is 0 Å². The van der Waals surface area contributed by atoms with Crippen molar-refractivity contribution >= 4 is 40.5 Å². The van der Waals surface area contributed by atoms with Crippen LogP contribution in [0.3, 0.4) is 0 Å². The topological polar surface area (TPSA) is 201 Å². The number of carbonyl (C=O) groups is 5. The molecule has 0 radical (unpaired) electrons. The molecule has 1 aromatic carbocycles.